The lowest BCUT2D eigenvalue weighted by Crippen LogP contribution is -2.43. The Morgan fingerprint density at radius 1 is 0.951 bits per heavy atom. The van der Waals surface area contributed by atoms with Crippen molar-refractivity contribution in [1.29, 1.82) is 0 Å². The molecule has 11 heteroatoms. The van der Waals surface area contributed by atoms with E-state index in [-0.39, 0.29) is 11.8 Å². The molecule has 0 aliphatic heterocycles. The van der Waals surface area contributed by atoms with Gasteiger partial charge in [-0.2, -0.15) is 9.97 Å². The summed E-state index contributed by atoms with van der Waals surface area (Å²) in [6.07, 6.45) is 0.642. The van der Waals surface area contributed by atoms with Gasteiger partial charge in [-0.05, 0) is 55.2 Å². The highest BCUT2D eigenvalue weighted by Crippen LogP contribution is 2.30. The Labute approximate surface area is 250 Å². The summed E-state index contributed by atoms with van der Waals surface area (Å²) in [5.41, 5.74) is 2.27. The van der Waals surface area contributed by atoms with Gasteiger partial charge in [-0.25, -0.2) is 8.42 Å². The number of nitrogens with one attached hydrogen (secondary N) is 2. The first-order valence-electron chi connectivity index (χ1n) is 12.8. The maximum Gasteiger partial charge on any atom is 0.318 e. The van der Waals surface area contributed by atoms with Gasteiger partial charge in [0.25, 0.3) is 0 Å². The second-order valence-corrected chi connectivity index (χ2v) is 12.5. The molecule has 0 fully saturated rings. The summed E-state index contributed by atoms with van der Waals surface area (Å²) in [5, 5.41) is 4.45. The van der Waals surface area contributed by atoms with Gasteiger partial charge in [-0.1, -0.05) is 77.8 Å². The van der Waals surface area contributed by atoms with Crippen molar-refractivity contribution in [3.05, 3.63) is 106 Å². The zero-order valence-corrected chi connectivity index (χ0v) is 25.1. The molecule has 0 aliphatic carbocycles. The maximum atomic E-state index is 13.2. The molecule has 0 saturated heterocycles. The average molecular weight is 614 g/mol. The molecule has 1 amide bonds. The molecular weight excluding hydrogens is 583 g/mol. The van der Waals surface area contributed by atoms with Gasteiger partial charge >= 0.3 is 6.01 Å². The number of benzene rings is 3. The predicted molar refractivity (Wildman–Crippen MR) is 163 cm³/mol. The van der Waals surface area contributed by atoms with E-state index < -0.39 is 21.3 Å². The van der Waals surface area contributed by atoms with E-state index in [0.717, 1.165) is 5.56 Å². The van der Waals surface area contributed by atoms with Crippen molar-refractivity contribution in [2.45, 2.75) is 31.4 Å². The number of anilines is 1. The molecule has 2 N–H and O–H groups in total. The molecule has 0 bridgehead atoms. The molecule has 8 nitrogen and oxygen atoms in total. The molecule has 3 aromatic carbocycles. The second kappa shape index (κ2) is 12.9. The fourth-order valence-corrected chi connectivity index (χ4v) is 5.85. The van der Waals surface area contributed by atoms with E-state index in [2.05, 4.69) is 20.0 Å². The number of hydrogen-bond donors (Lipinski definition) is 2. The Bertz CT molecular complexity index is 1650. The molecule has 1 heterocycles. The fraction of sp³-hybridized carbons (Fsp3) is 0.233. The molecule has 4 rings (SSSR count). The molecule has 0 radical (unpaired) electrons. The normalized spacial score (nSPS) is 11.6. The third-order valence-electron chi connectivity index (χ3n) is 6.50. The number of hydrogen-bond acceptors (Lipinski definition) is 7. The van der Waals surface area contributed by atoms with Crippen LogP contribution in [0.2, 0.25) is 10.0 Å². The van der Waals surface area contributed by atoms with E-state index in [9.17, 15) is 13.2 Å². The van der Waals surface area contributed by atoms with Crippen LogP contribution in [-0.2, 0) is 32.4 Å². The van der Waals surface area contributed by atoms with Crippen LogP contribution in [0, 0.1) is 0 Å². The zero-order valence-electron chi connectivity index (χ0n) is 22.8. The predicted octanol–water partition coefficient (Wildman–Crippen LogP) is 6.04. The lowest BCUT2D eigenvalue weighted by atomic mass is 9.83. The van der Waals surface area contributed by atoms with Crippen LogP contribution in [0.1, 0.15) is 30.5 Å². The summed E-state index contributed by atoms with van der Waals surface area (Å²) in [7, 11) is -2.41. The zero-order chi connectivity index (χ0) is 29.6. The minimum atomic E-state index is -3.90. The van der Waals surface area contributed by atoms with Gasteiger partial charge in [-0.15, -0.1) is 0 Å². The van der Waals surface area contributed by atoms with Gasteiger partial charge in [-0.3, -0.25) is 9.52 Å². The highest BCUT2D eigenvalue weighted by Gasteiger charge is 2.33. The number of sulfonamides is 1. The van der Waals surface area contributed by atoms with E-state index in [1.54, 1.807) is 74.5 Å². The van der Waals surface area contributed by atoms with Gasteiger partial charge in [0, 0.05) is 28.2 Å². The van der Waals surface area contributed by atoms with Crippen molar-refractivity contribution >= 4 is 45.0 Å². The molecule has 1 aromatic heterocycles. The van der Waals surface area contributed by atoms with Crippen molar-refractivity contribution in [3.8, 4) is 17.3 Å². The first kappa shape index (κ1) is 30.3. The van der Waals surface area contributed by atoms with Crippen LogP contribution in [0.15, 0.2) is 78.9 Å². The van der Waals surface area contributed by atoms with E-state index >= 15 is 0 Å². The van der Waals surface area contributed by atoms with Gasteiger partial charge in [0.15, 0.2) is 0 Å². The number of aromatic nitrogens is 2. The summed E-state index contributed by atoms with van der Waals surface area (Å²) >= 11 is 12.3. The molecule has 214 valence electrons. The van der Waals surface area contributed by atoms with Crippen molar-refractivity contribution < 1.29 is 17.9 Å². The highest BCUT2D eigenvalue weighted by molar-refractivity contribution is 7.89. The first-order chi connectivity index (χ1) is 19.5. The Morgan fingerprint density at radius 3 is 2.41 bits per heavy atom. The van der Waals surface area contributed by atoms with E-state index in [1.165, 1.54) is 7.11 Å². The molecule has 0 atom stereocenters. The van der Waals surface area contributed by atoms with Gasteiger partial charge in [0.05, 0.1) is 24.0 Å². The number of ether oxygens (including phenoxy) is 1. The Morgan fingerprint density at radius 2 is 1.71 bits per heavy atom. The van der Waals surface area contributed by atoms with E-state index in [0.29, 0.717) is 51.2 Å². The van der Waals surface area contributed by atoms with Crippen LogP contribution >= 0.6 is 23.2 Å². The minimum Gasteiger partial charge on any atom is -0.467 e. The monoisotopic (exact) mass is 612 g/mol. The molecule has 41 heavy (non-hydrogen) atoms. The topological polar surface area (TPSA) is 110 Å². The van der Waals surface area contributed by atoms with Crippen LogP contribution in [-0.4, -0.2) is 37.9 Å². The van der Waals surface area contributed by atoms with Gasteiger partial charge in [0.2, 0.25) is 15.9 Å². The SMILES string of the molecule is COc1nc(NCCc2ccc(Cl)cc2Cl)cc(-c2cccc(C(C)(C)C(=O)NS(=O)(=O)Cc3ccccc3)c2)n1. The van der Waals surface area contributed by atoms with Crippen molar-refractivity contribution in [3.63, 3.8) is 0 Å². The number of methoxy groups -OCH3 is 1. The van der Waals surface area contributed by atoms with Crippen LogP contribution < -0.4 is 14.8 Å². The van der Waals surface area contributed by atoms with Crippen LogP contribution in [0.3, 0.4) is 0 Å². The maximum absolute atomic E-state index is 13.2. The Kier molecular flexibility index (Phi) is 9.53. The highest BCUT2D eigenvalue weighted by atomic mass is 35.5. The summed E-state index contributed by atoms with van der Waals surface area (Å²) in [6.45, 7) is 3.90. The standard InChI is InChI=1S/C30H30Cl2N4O4S/c1-30(2,28(37)36-41(38,39)19-20-8-5-4-6-9-20)23-11-7-10-22(16-23)26-18-27(35-29(34-26)40-3)33-15-14-21-12-13-24(31)17-25(21)32/h4-13,16-18H,14-15,19H2,1-3H3,(H,36,37)(H,33,34,35). The number of carbonyl (C=O) groups excluding carboxylic acids is 1. The Hall–Kier alpha value is -3.66. The Balaban J connectivity index is 1.51. The third kappa shape index (κ3) is 7.97. The fourth-order valence-electron chi connectivity index (χ4n) is 4.10. The second-order valence-electron chi connectivity index (χ2n) is 9.92. The smallest absolute Gasteiger partial charge is 0.318 e. The molecule has 0 saturated carbocycles. The summed E-state index contributed by atoms with van der Waals surface area (Å²) < 4.78 is 33.0. The third-order valence-corrected chi connectivity index (χ3v) is 8.30. The van der Waals surface area contributed by atoms with Crippen LogP contribution in [0.25, 0.3) is 11.3 Å². The number of nitrogens with zero attached hydrogens (tertiary/aromatic N) is 2. The average Bonchev–Trinajstić information content (AvgIpc) is 2.94. The minimum absolute atomic E-state index is 0.170. The molecule has 0 aliphatic rings. The summed E-state index contributed by atoms with van der Waals surface area (Å²) in [6, 6.07) is 23.3. The van der Waals surface area contributed by atoms with Gasteiger partial charge in [0.1, 0.15) is 5.82 Å². The first-order valence-corrected chi connectivity index (χ1v) is 15.2. The van der Waals surface area contributed by atoms with Crippen LogP contribution in [0.4, 0.5) is 5.82 Å². The molecule has 0 unspecified atom stereocenters. The van der Waals surface area contributed by atoms with Crippen LogP contribution in [0.5, 0.6) is 6.01 Å². The number of halogens is 2. The van der Waals surface area contributed by atoms with Gasteiger partial charge < -0.3 is 10.1 Å². The number of carbonyl (C=O) groups is 1. The number of rotatable bonds is 11. The summed E-state index contributed by atoms with van der Waals surface area (Å²) in [4.78, 5) is 22.1. The van der Waals surface area contributed by atoms with E-state index in [1.807, 2.05) is 18.2 Å². The largest absolute Gasteiger partial charge is 0.467 e. The molecule has 4 aromatic rings. The quantitative estimate of drug-likeness (QED) is 0.212. The number of amides is 1. The molecular formula is C30H30Cl2N4O4S. The van der Waals surface area contributed by atoms with Crippen molar-refractivity contribution in [2.75, 3.05) is 19.0 Å². The molecule has 0 spiro atoms. The summed E-state index contributed by atoms with van der Waals surface area (Å²) in [5.74, 6) is -0.378. The lowest BCUT2D eigenvalue weighted by Gasteiger charge is -2.24. The van der Waals surface area contributed by atoms with Crippen molar-refractivity contribution in [1.82, 2.24) is 14.7 Å². The van der Waals surface area contributed by atoms with E-state index in [4.69, 9.17) is 27.9 Å². The lowest BCUT2D eigenvalue weighted by molar-refractivity contribution is -0.123. The van der Waals surface area contributed by atoms with Crippen molar-refractivity contribution in [2.24, 2.45) is 0 Å².